The van der Waals surface area contributed by atoms with Crippen LogP contribution in [0.2, 0.25) is 0 Å². The molecule has 3 aromatic carbocycles. The SMILES string of the molecule is Cc1ccccc1[SH+]1=C2C=CC=CC2C(=O)c2ccccc21.O=S(=O)([O-])c1cc(C(F)(F)F)cc(C(F)(F)F)c1. The lowest BCUT2D eigenvalue weighted by molar-refractivity contribution is -0.143. The molecule has 0 aromatic heterocycles. The molecule has 2 unspecified atom stereocenters. The summed E-state index contributed by atoms with van der Waals surface area (Å²) in [6.07, 6.45) is -2.15. The number of ketones is 1. The summed E-state index contributed by atoms with van der Waals surface area (Å²) >= 11 is 0. The standard InChI is InChI=1S/C20H16OS.C8H4F6O3S/c1-14-8-2-5-11-17(14)22-18-12-6-3-9-15(18)20(21)16-10-4-7-13-19(16)22;9-7(10,11)4-1-5(8(12,13)14)3-6(2-4)18(15,16)17/h2-13,15H,1H3;1-3H,(H,15,16,17). The first-order valence-corrected chi connectivity index (χ1v) is 14.3. The van der Waals surface area contributed by atoms with E-state index in [9.17, 15) is 44.1 Å². The first-order chi connectivity index (χ1) is 18.6. The lowest BCUT2D eigenvalue weighted by atomic mass is 9.91. The van der Waals surface area contributed by atoms with Crippen LogP contribution in [0.1, 0.15) is 27.0 Å². The maximum Gasteiger partial charge on any atom is 0.416 e. The highest BCUT2D eigenvalue weighted by Crippen LogP contribution is 2.37. The van der Waals surface area contributed by atoms with Crippen LogP contribution in [0.4, 0.5) is 26.3 Å². The van der Waals surface area contributed by atoms with E-state index >= 15 is 0 Å². The number of hydrogen-bond acceptors (Lipinski definition) is 4. The fourth-order valence-corrected chi connectivity index (χ4v) is 7.70. The van der Waals surface area contributed by atoms with Gasteiger partial charge in [-0.15, -0.1) is 0 Å². The van der Waals surface area contributed by atoms with Gasteiger partial charge in [0, 0.05) is 5.56 Å². The van der Waals surface area contributed by atoms with Crippen LogP contribution in [0.3, 0.4) is 0 Å². The second-order valence-corrected chi connectivity index (χ2v) is 12.4. The molecular weight excluding hydrogens is 578 g/mol. The molecule has 0 saturated carbocycles. The molecule has 3 aromatic rings. The Bertz CT molecular complexity index is 1650. The molecule has 0 fully saturated rings. The topological polar surface area (TPSA) is 74.3 Å². The minimum Gasteiger partial charge on any atom is -0.744 e. The van der Waals surface area contributed by atoms with Crippen LogP contribution in [0.25, 0.3) is 0 Å². The molecule has 0 saturated heterocycles. The third-order valence-electron chi connectivity index (χ3n) is 6.16. The van der Waals surface area contributed by atoms with E-state index in [1.54, 1.807) is 0 Å². The van der Waals surface area contributed by atoms with Gasteiger partial charge in [0.1, 0.15) is 30.7 Å². The molecule has 12 heteroatoms. The first-order valence-electron chi connectivity index (χ1n) is 11.5. The van der Waals surface area contributed by atoms with Gasteiger partial charge < -0.3 is 4.55 Å². The molecular formula is C28H20F6O4S2. The van der Waals surface area contributed by atoms with E-state index in [0.717, 1.165) is 5.56 Å². The van der Waals surface area contributed by atoms with E-state index in [4.69, 9.17) is 0 Å². The van der Waals surface area contributed by atoms with E-state index in [1.165, 1.54) is 20.2 Å². The fourth-order valence-electron chi connectivity index (χ4n) is 4.30. The maximum absolute atomic E-state index is 12.8. The zero-order chi connectivity index (χ0) is 29.5. The number of hydrogen-bond donors (Lipinski definition) is 0. The van der Waals surface area contributed by atoms with Crippen LogP contribution in [0.15, 0.2) is 106 Å². The Morgan fingerprint density at radius 1 is 0.800 bits per heavy atom. The number of allylic oxidation sites excluding steroid dienone is 4. The molecule has 0 bridgehead atoms. The van der Waals surface area contributed by atoms with Crippen molar-refractivity contribution in [1.82, 2.24) is 0 Å². The number of carbonyl (C=O) groups is 1. The Morgan fingerprint density at radius 3 is 1.90 bits per heavy atom. The van der Waals surface area contributed by atoms with Crippen molar-refractivity contribution in [2.75, 3.05) is 0 Å². The minimum absolute atomic E-state index is 0.0920. The number of Topliss-reactive ketones (excluding diaryl/α,β-unsaturated/α-hetero) is 1. The normalized spacial score (nSPS) is 18.5. The summed E-state index contributed by atoms with van der Waals surface area (Å²) in [4.78, 5) is 15.1. The second kappa shape index (κ2) is 10.8. The smallest absolute Gasteiger partial charge is 0.416 e. The Labute approximate surface area is 228 Å². The van der Waals surface area contributed by atoms with Crippen molar-refractivity contribution in [3.05, 3.63) is 113 Å². The van der Waals surface area contributed by atoms with Gasteiger partial charge in [0.2, 0.25) is 0 Å². The fraction of sp³-hybridized carbons (Fsp3) is 0.143. The molecule has 0 N–H and O–H groups in total. The summed E-state index contributed by atoms with van der Waals surface area (Å²) < 4.78 is 105. The number of alkyl halides is 6. The lowest BCUT2D eigenvalue weighted by Gasteiger charge is -2.24. The average Bonchev–Trinajstić information content (AvgIpc) is 2.88. The van der Waals surface area contributed by atoms with Gasteiger partial charge >= 0.3 is 12.4 Å². The molecule has 0 spiro atoms. The number of thiol groups is 1. The number of benzene rings is 3. The largest absolute Gasteiger partial charge is 0.744 e. The molecule has 0 radical (unpaired) electrons. The third kappa shape index (κ3) is 6.13. The number of aryl methyl sites for hydroxylation is 1. The number of fused-ring (bicyclic) bond motifs is 2. The number of rotatable bonds is 2. The molecule has 1 heterocycles. The predicted molar refractivity (Wildman–Crippen MR) is 138 cm³/mol. The van der Waals surface area contributed by atoms with E-state index in [0.29, 0.717) is 0 Å². The van der Waals surface area contributed by atoms with Gasteiger partial charge in [-0.1, -0.05) is 59.0 Å². The number of carbonyl (C=O) groups excluding carboxylic acids is 1. The van der Waals surface area contributed by atoms with Crippen LogP contribution in [-0.2, 0) is 33.0 Å². The number of halogens is 6. The summed E-state index contributed by atoms with van der Waals surface area (Å²) in [6.45, 7) is 2.16. The van der Waals surface area contributed by atoms with E-state index in [2.05, 4.69) is 49.4 Å². The van der Waals surface area contributed by atoms with Crippen molar-refractivity contribution >= 4 is 31.3 Å². The van der Waals surface area contributed by atoms with Crippen molar-refractivity contribution < 1.29 is 44.1 Å². The van der Waals surface area contributed by atoms with E-state index in [-0.39, 0.29) is 29.9 Å². The Balaban J connectivity index is 0.000000190. The maximum atomic E-state index is 12.8. The molecule has 2 atom stereocenters. The second-order valence-electron chi connectivity index (χ2n) is 8.85. The van der Waals surface area contributed by atoms with Crippen molar-refractivity contribution in [2.24, 2.45) is 5.92 Å². The average molecular weight is 599 g/mol. The van der Waals surface area contributed by atoms with Crippen molar-refractivity contribution in [2.45, 2.75) is 34.0 Å². The van der Waals surface area contributed by atoms with Gasteiger partial charge in [-0.3, -0.25) is 4.79 Å². The van der Waals surface area contributed by atoms with Gasteiger partial charge in [-0.05, 0) is 49.4 Å². The van der Waals surface area contributed by atoms with Crippen LogP contribution in [0, 0.1) is 12.8 Å². The first kappa shape index (κ1) is 29.5. The molecule has 210 valence electrons. The minimum atomic E-state index is -5.42. The van der Waals surface area contributed by atoms with Gasteiger partial charge in [0.25, 0.3) is 0 Å². The Kier molecular flexibility index (Phi) is 7.99. The highest BCUT2D eigenvalue weighted by Gasteiger charge is 2.38. The van der Waals surface area contributed by atoms with Crippen LogP contribution < -0.4 is 0 Å². The van der Waals surface area contributed by atoms with Crippen molar-refractivity contribution in [3.8, 4) is 0 Å². The zero-order valence-corrected chi connectivity index (χ0v) is 22.2. The summed E-state index contributed by atoms with van der Waals surface area (Å²) in [5, 5.41) is 0. The summed E-state index contributed by atoms with van der Waals surface area (Å²) in [5.41, 5.74) is -1.52. The van der Waals surface area contributed by atoms with Gasteiger partial charge in [-0.2, -0.15) is 26.3 Å². The van der Waals surface area contributed by atoms with Crippen LogP contribution >= 0.6 is 0 Å². The van der Waals surface area contributed by atoms with Crippen LogP contribution in [-0.4, -0.2) is 23.6 Å². The van der Waals surface area contributed by atoms with Gasteiger partial charge in [0.05, 0.1) is 21.6 Å². The third-order valence-corrected chi connectivity index (χ3v) is 9.77. The van der Waals surface area contributed by atoms with Crippen molar-refractivity contribution in [1.29, 1.82) is 0 Å². The quantitative estimate of drug-likeness (QED) is 0.111. The van der Waals surface area contributed by atoms with Gasteiger partial charge in [0.15, 0.2) is 5.78 Å². The van der Waals surface area contributed by atoms with Crippen LogP contribution in [0.5, 0.6) is 0 Å². The Hall–Kier alpha value is -3.48. The molecule has 40 heavy (non-hydrogen) atoms. The summed E-state index contributed by atoms with van der Waals surface area (Å²) in [6, 6.07) is 16.1. The summed E-state index contributed by atoms with van der Waals surface area (Å²) in [5.74, 6) is 0.143. The van der Waals surface area contributed by atoms with E-state index in [1.807, 2.05) is 30.4 Å². The zero-order valence-electron chi connectivity index (χ0n) is 20.5. The monoisotopic (exact) mass is 598 g/mol. The lowest BCUT2D eigenvalue weighted by Crippen LogP contribution is -2.31. The molecule has 0 amide bonds. The molecule has 2 aliphatic rings. The van der Waals surface area contributed by atoms with Gasteiger partial charge in [-0.25, -0.2) is 8.42 Å². The Morgan fingerprint density at radius 2 is 1.35 bits per heavy atom. The highest BCUT2D eigenvalue weighted by molar-refractivity contribution is 7.97. The molecule has 5 rings (SSSR count). The summed E-state index contributed by atoms with van der Waals surface area (Å²) in [7, 11) is -6.05. The molecule has 1 aliphatic carbocycles. The van der Waals surface area contributed by atoms with E-state index < -0.39 is 49.0 Å². The van der Waals surface area contributed by atoms with Crippen molar-refractivity contribution in [3.63, 3.8) is 0 Å². The predicted octanol–water partition coefficient (Wildman–Crippen LogP) is 6.50. The molecule has 4 nitrogen and oxygen atoms in total. The highest BCUT2D eigenvalue weighted by atomic mass is 32.2. The molecule has 1 aliphatic heterocycles.